The first kappa shape index (κ1) is 17.5. The van der Waals surface area contributed by atoms with E-state index in [1.807, 2.05) is 0 Å². The van der Waals surface area contributed by atoms with Gasteiger partial charge in [-0.05, 0) is 15.9 Å². The van der Waals surface area contributed by atoms with Gasteiger partial charge in [0.25, 0.3) is 0 Å². The van der Waals surface area contributed by atoms with Gasteiger partial charge in [0.1, 0.15) is 15.9 Å². The molecular formula is C10H6BrF6NO3. The van der Waals surface area contributed by atoms with E-state index in [2.05, 4.69) is 30.4 Å². The highest BCUT2D eigenvalue weighted by molar-refractivity contribution is 9.10. The molecule has 0 bridgehead atoms. The molecule has 0 unspecified atom stereocenters. The Morgan fingerprint density at radius 2 is 1.86 bits per heavy atom. The summed E-state index contributed by atoms with van der Waals surface area (Å²) in [5, 5.41) is 0. The Bertz CT molecular complexity index is 543. The van der Waals surface area contributed by atoms with Crippen LogP contribution in [0.4, 0.5) is 26.3 Å². The van der Waals surface area contributed by atoms with Crippen LogP contribution in [0.15, 0.2) is 10.7 Å². The maximum Gasteiger partial charge on any atom is 0.573 e. The Morgan fingerprint density at radius 1 is 1.29 bits per heavy atom. The van der Waals surface area contributed by atoms with Gasteiger partial charge in [0.05, 0.1) is 19.2 Å². The zero-order chi connectivity index (χ0) is 16.4. The molecule has 0 radical (unpaired) electrons. The van der Waals surface area contributed by atoms with Crippen LogP contribution in [0.3, 0.4) is 0 Å². The zero-order valence-corrected chi connectivity index (χ0v) is 11.7. The molecule has 0 aliphatic heterocycles. The smallest absolute Gasteiger partial charge is 0.469 e. The van der Waals surface area contributed by atoms with E-state index in [4.69, 9.17) is 0 Å². The highest BCUT2D eigenvalue weighted by Gasteiger charge is 2.42. The fraction of sp³-hybridized carbons (Fsp3) is 0.400. The Balaban J connectivity index is 3.45. The molecule has 0 spiro atoms. The van der Waals surface area contributed by atoms with Crippen molar-refractivity contribution in [3.8, 4) is 5.75 Å². The number of pyridine rings is 1. The molecular weight excluding hydrogens is 376 g/mol. The van der Waals surface area contributed by atoms with Crippen LogP contribution in [0.1, 0.15) is 11.3 Å². The molecule has 0 atom stereocenters. The summed E-state index contributed by atoms with van der Waals surface area (Å²) in [5.74, 6) is -2.60. The second-order valence-electron chi connectivity index (χ2n) is 3.56. The van der Waals surface area contributed by atoms with E-state index >= 15 is 0 Å². The Labute approximate surface area is 122 Å². The highest BCUT2D eigenvalue weighted by Crippen LogP contribution is 2.41. The summed E-state index contributed by atoms with van der Waals surface area (Å²) >= 11 is 2.66. The molecule has 1 aromatic rings. The first-order valence-electron chi connectivity index (χ1n) is 5.03. The summed E-state index contributed by atoms with van der Waals surface area (Å²) in [7, 11) is 0.917. The summed E-state index contributed by atoms with van der Waals surface area (Å²) < 4.78 is 82.5. The average Bonchev–Trinajstić information content (AvgIpc) is 2.23. The predicted octanol–water partition coefficient (Wildman–Crippen LogP) is 3.48. The second kappa shape index (κ2) is 6.08. The lowest BCUT2D eigenvalue weighted by atomic mass is 10.1. The monoisotopic (exact) mass is 381 g/mol. The van der Waals surface area contributed by atoms with Crippen LogP contribution in [-0.4, -0.2) is 24.4 Å². The van der Waals surface area contributed by atoms with Gasteiger partial charge < -0.3 is 9.47 Å². The largest absolute Gasteiger partial charge is 0.573 e. The van der Waals surface area contributed by atoms with Crippen molar-refractivity contribution < 1.29 is 40.6 Å². The number of aromatic nitrogens is 1. The highest BCUT2D eigenvalue weighted by atomic mass is 79.9. The molecule has 11 heteroatoms. The van der Waals surface area contributed by atoms with Crippen LogP contribution in [0.5, 0.6) is 5.75 Å². The van der Waals surface area contributed by atoms with Crippen LogP contribution in [-0.2, 0) is 22.1 Å². The normalized spacial score (nSPS) is 12.2. The molecule has 0 aliphatic carbocycles. The first-order valence-corrected chi connectivity index (χ1v) is 5.82. The van der Waals surface area contributed by atoms with E-state index in [0.717, 1.165) is 7.11 Å². The molecule has 0 aromatic carbocycles. The third-order valence-electron chi connectivity index (χ3n) is 2.08. The number of halogens is 7. The molecule has 0 amide bonds. The minimum Gasteiger partial charge on any atom is -0.469 e. The fourth-order valence-electron chi connectivity index (χ4n) is 1.38. The summed E-state index contributed by atoms with van der Waals surface area (Å²) in [6.45, 7) is 0. The van der Waals surface area contributed by atoms with E-state index in [-0.39, 0.29) is 4.60 Å². The molecule has 1 aromatic heterocycles. The van der Waals surface area contributed by atoms with Gasteiger partial charge in [-0.1, -0.05) is 0 Å². The van der Waals surface area contributed by atoms with Crippen LogP contribution in [0.2, 0.25) is 0 Å². The quantitative estimate of drug-likeness (QED) is 0.457. The molecule has 118 valence electrons. The van der Waals surface area contributed by atoms with Crippen LogP contribution < -0.4 is 4.74 Å². The molecule has 1 heterocycles. The SMILES string of the molecule is COC(=O)Cc1nc(Br)cc(OC(F)(F)F)c1C(F)(F)F. The van der Waals surface area contributed by atoms with Crippen molar-refractivity contribution in [2.75, 3.05) is 7.11 Å². The van der Waals surface area contributed by atoms with E-state index in [9.17, 15) is 31.1 Å². The predicted molar refractivity (Wildman–Crippen MR) is 59.3 cm³/mol. The van der Waals surface area contributed by atoms with Crippen molar-refractivity contribution in [3.63, 3.8) is 0 Å². The van der Waals surface area contributed by atoms with Gasteiger partial charge in [-0.2, -0.15) is 13.2 Å². The maximum absolute atomic E-state index is 12.9. The lowest BCUT2D eigenvalue weighted by molar-refractivity contribution is -0.276. The minimum atomic E-state index is -5.33. The number of carbonyl (C=O) groups excluding carboxylic acids is 1. The van der Waals surface area contributed by atoms with Crippen molar-refractivity contribution in [3.05, 3.63) is 21.9 Å². The van der Waals surface area contributed by atoms with Crippen molar-refractivity contribution in [1.29, 1.82) is 0 Å². The molecule has 0 saturated carbocycles. The molecule has 0 saturated heterocycles. The number of methoxy groups -OCH3 is 1. The van der Waals surface area contributed by atoms with Crippen molar-refractivity contribution >= 4 is 21.9 Å². The van der Waals surface area contributed by atoms with Crippen LogP contribution in [0, 0.1) is 0 Å². The van der Waals surface area contributed by atoms with E-state index in [1.165, 1.54) is 0 Å². The molecule has 4 nitrogen and oxygen atoms in total. The Hall–Kier alpha value is -1.52. The minimum absolute atomic E-state index is 0.353. The number of hydrogen-bond acceptors (Lipinski definition) is 4. The Kier molecular flexibility index (Phi) is 5.07. The molecule has 0 N–H and O–H groups in total. The lowest BCUT2D eigenvalue weighted by Crippen LogP contribution is -2.22. The fourth-order valence-corrected chi connectivity index (χ4v) is 1.81. The standard InChI is InChI=1S/C10H6BrF6NO3/c1-20-7(19)2-4-8(9(12,13)14)5(3-6(11)18-4)21-10(15,16)17/h3H,2H2,1H3. The number of carbonyl (C=O) groups is 1. The summed E-state index contributed by atoms with van der Waals surface area (Å²) in [6.07, 6.45) is -11.5. The average molecular weight is 382 g/mol. The van der Waals surface area contributed by atoms with E-state index in [1.54, 1.807) is 0 Å². The maximum atomic E-state index is 12.9. The lowest BCUT2D eigenvalue weighted by Gasteiger charge is -2.18. The number of esters is 1. The first-order chi connectivity index (χ1) is 9.44. The number of alkyl halides is 6. The molecule has 21 heavy (non-hydrogen) atoms. The number of hydrogen-bond donors (Lipinski definition) is 0. The van der Waals surface area contributed by atoms with Gasteiger partial charge in [-0.25, -0.2) is 4.98 Å². The van der Waals surface area contributed by atoms with Crippen molar-refractivity contribution in [2.45, 2.75) is 19.0 Å². The third-order valence-corrected chi connectivity index (χ3v) is 2.48. The van der Waals surface area contributed by atoms with Crippen LogP contribution in [0.25, 0.3) is 0 Å². The number of nitrogens with zero attached hydrogens (tertiary/aromatic N) is 1. The van der Waals surface area contributed by atoms with E-state index in [0.29, 0.717) is 6.07 Å². The van der Waals surface area contributed by atoms with Gasteiger partial charge in [0.2, 0.25) is 0 Å². The summed E-state index contributed by atoms with van der Waals surface area (Å²) in [4.78, 5) is 14.4. The second-order valence-corrected chi connectivity index (χ2v) is 4.38. The molecule has 1 rings (SSSR count). The van der Waals surface area contributed by atoms with Gasteiger partial charge in [-0.15, -0.1) is 13.2 Å². The van der Waals surface area contributed by atoms with Gasteiger partial charge in [0, 0.05) is 6.07 Å². The topological polar surface area (TPSA) is 48.4 Å². The molecule has 0 fully saturated rings. The molecule has 0 aliphatic rings. The van der Waals surface area contributed by atoms with Gasteiger partial charge in [-0.3, -0.25) is 4.79 Å². The number of ether oxygens (including phenoxy) is 2. The summed E-state index contributed by atoms with van der Waals surface area (Å²) in [5.41, 5.74) is -2.73. The van der Waals surface area contributed by atoms with Crippen LogP contribution >= 0.6 is 15.9 Å². The zero-order valence-electron chi connectivity index (χ0n) is 10.1. The van der Waals surface area contributed by atoms with Crippen molar-refractivity contribution in [2.24, 2.45) is 0 Å². The number of rotatable bonds is 3. The summed E-state index contributed by atoms with van der Waals surface area (Å²) in [6, 6.07) is 0.414. The van der Waals surface area contributed by atoms with Gasteiger partial charge >= 0.3 is 18.5 Å². The Morgan fingerprint density at radius 3 is 2.29 bits per heavy atom. The third kappa shape index (κ3) is 5.06. The van der Waals surface area contributed by atoms with Gasteiger partial charge in [0.15, 0.2) is 0 Å². The van der Waals surface area contributed by atoms with E-state index < -0.39 is 41.9 Å². The van der Waals surface area contributed by atoms with Crippen molar-refractivity contribution in [1.82, 2.24) is 4.98 Å².